The average Bonchev–Trinajstić information content (AvgIpc) is 3.70. The van der Waals surface area contributed by atoms with Crippen LogP contribution < -0.4 is 14.2 Å². The number of carbonyl (C=O) groups is 2. The summed E-state index contributed by atoms with van der Waals surface area (Å²) in [5.74, 6) is 1.48. The van der Waals surface area contributed by atoms with Crippen LogP contribution in [0.25, 0.3) is 0 Å². The van der Waals surface area contributed by atoms with Gasteiger partial charge in [0.1, 0.15) is 29.1 Å². The monoisotopic (exact) mass is 628 g/mol. The van der Waals surface area contributed by atoms with Crippen molar-refractivity contribution in [2.75, 3.05) is 27.4 Å². The molecule has 0 amide bonds. The average molecular weight is 629 g/mol. The van der Waals surface area contributed by atoms with Crippen molar-refractivity contribution in [3.05, 3.63) is 81.4 Å². The molecule has 2 aliphatic heterocycles. The molecule has 45 heavy (non-hydrogen) atoms. The number of alkyl halides is 3. The van der Waals surface area contributed by atoms with Crippen LogP contribution in [0.2, 0.25) is 0 Å². The van der Waals surface area contributed by atoms with Gasteiger partial charge in [0.25, 0.3) is 0 Å². The maximum Gasteiger partial charge on any atom is 0.416 e. The zero-order valence-corrected chi connectivity index (χ0v) is 25.5. The lowest BCUT2D eigenvalue weighted by atomic mass is 9.93. The Labute approximate surface area is 259 Å². The van der Waals surface area contributed by atoms with Crippen LogP contribution in [0.5, 0.6) is 23.0 Å². The zero-order chi connectivity index (χ0) is 32.5. The molecule has 6 rings (SSSR count). The van der Waals surface area contributed by atoms with Gasteiger partial charge in [-0.3, -0.25) is 9.59 Å². The van der Waals surface area contributed by atoms with E-state index in [1.807, 2.05) is 19.9 Å². The summed E-state index contributed by atoms with van der Waals surface area (Å²) in [6.45, 7) is 4.66. The van der Waals surface area contributed by atoms with Gasteiger partial charge in [0.05, 0.1) is 45.8 Å². The lowest BCUT2D eigenvalue weighted by molar-refractivity contribution is -0.142. The number of ether oxygens (including phenoxy) is 5. The van der Waals surface area contributed by atoms with Crippen LogP contribution in [0.1, 0.15) is 76.1 Å². The number of benzene rings is 3. The van der Waals surface area contributed by atoms with Crippen LogP contribution in [0, 0.1) is 13.8 Å². The Morgan fingerprint density at radius 2 is 1.47 bits per heavy atom. The maximum absolute atomic E-state index is 13.3. The predicted octanol–water partition coefficient (Wildman–Crippen LogP) is 6.86. The van der Waals surface area contributed by atoms with Crippen LogP contribution in [0.15, 0.2) is 42.5 Å². The summed E-state index contributed by atoms with van der Waals surface area (Å²) in [5.41, 5.74) is 4.14. The predicted molar refractivity (Wildman–Crippen MR) is 157 cm³/mol. The molecule has 0 saturated carbocycles. The topological polar surface area (TPSA) is 101 Å². The Hall–Kier alpha value is -4.41. The molecule has 3 aromatic carbocycles. The highest BCUT2D eigenvalue weighted by Gasteiger charge is 2.38. The Balaban J connectivity index is 0.000000211. The minimum atomic E-state index is -4.37. The molecule has 11 heteroatoms. The fourth-order valence-electron chi connectivity index (χ4n) is 6.44. The van der Waals surface area contributed by atoms with Gasteiger partial charge in [0.2, 0.25) is 0 Å². The van der Waals surface area contributed by atoms with Gasteiger partial charge in [-0.15, -0.1) is 0 Å². The van der Waals surface area contributed by atoms with Crippen molar-refractivity contribution >= 4 is 11.9 Å². The summed E-state index contributed by atoms with van der Waals surface area (Å²) < 4.78 is 66.4. The fraction of sp³-hybridized carbons (Fsp3) is 0.412. The van der Waals surface area contributed by atoms with Crippen LogP contribution in [-0.4, -0.2) is 44.5 Å². The summed E-state index contributed by atoms with van der Waals surface area (Å²) in [5, 5.41) is 9.42. The van der Waals surface area contributed by atoms with E-state index in [9.17, 15) is 27.9 Å². The minimum absolute atomic E-state index is 0.0306. The van der Waals surface area contributed by atoms with E-state index in [0.717, 1.165) is 28.3 Å². The van der Waals surface area contributed by atoms with Gasteiger partial charge >= 0.3 is 18.1 Å². The second-order valence-corrected chi connectivity index (χ2v) is 11.4. The van der Waals surface area contributed by atoms with Gasteiger partial charge in [-0.2, -0.15) is 13.2 Å². The molecule has 3 atom stereocenters. The molecular weight excluding hydrogens is 593 g/mol. The lowest BCUT2D eigenvalue weighted by Crippen LogP contribution is -2.10. The Morgan fingerprint density at radius 1 is 0.889 bits per heavy atom. The number of esters is 2. The summed E-state index contributed by atoms with van der Waals surface area (Å²) in [4.78, 5) is 22.8. The number of rotatable bonds is 6. The number of hydrogen-bond acceptors (Lipinski definition) is 8. The Kier molecular flexibility index (Phi) is 9.18. The Morgan fingerprint density at radius 3 is 2.04 bits per heavy atom. The van der Waals surface area contributed by atoms with E-state index in [2.05, 4.69) is 4.74 Å². The number of aromatic hydroxyl groups is 1. The van der Waals surface area contributed by atoms with Crippen molar-refractivity contribution in [2.24, 2.45) is 0 Å². The quantitative estimate of drug-likeness (QED) is 0.296. The van der Waals surface area contributed by atoms with Crippen molar-refractivity contribution in [3.63, 3.8) is 0 Å². The number of fused-ring (bicyclic) bond motifs is 3. The Bertz CT molecular complexity index is 1600. The molecule has 0 saturated heterocycles. The second-order valence-electron chi connectivity index (χ2n) is 11.4. The molecule has 0 aromatic heterocycles. The van der Waals surface area contributed by atoms with Gasteiger partial charge in [-0.1, -0.05) is 12.1 Å². The standard InChI is InChI=1S/C22H21F3O4.C12H14O4/c1-12-8-14(10-19-21(12)13(11-28-19)9-20(26)27-2)29-18-7-6-15-16(18)4-3-5-17(15)22(23,24)25;1-7-3-9(13)5-10-12(7)8(6-16-10)4-11(14)15-2/h3-5,8,10,13,18H,6-7,9,11H2,1-2H3;3,5,8,13H,4,6H2,1-2H3/t13?,18-;/m1./s1. The summed E-state index contributed by atoms with van der Waals surface area (Å²) in [7, 11) is 2.73. The number of aryl methyl sites for hydroxylation is 2. The first-order valence-electron chi connectivity index (χ1n) is 14.6. The number of phenols is 1. The number of hydrogen-bond donors (Lipinski definition) is 1. The smallest absolute Gasteiger partial charge is 0.416 e. The van der Waals surface area contributed by atoms with E-state index in [-0.39, 0.29) is 35.9 Å². The van der Waals surface area contributed by atoms with E-state index < -0.39 is 17.8 Å². The van der Waals surface area contributed by atoms with E-state index >= 15 is 0 Å². The number of carbonyl (C=O) groups excluding carboxylic acids is 2. The van der Waals surface area contributed by atoms with E-state index in [0.29, 0.717) is 60.9 Å². The van der Waals surface area contributed by atoms with Crippen LogP contribution in [0.3, 0.4) is 0 Å². The summed E-state index contributed by atoms with van der Waals surface area (Å²) in [6, 6.07) is 11.1. The van der Waals surface area contributed by atoms with Gasteiger partial charge in [-0.25, -0.2) is 0 Å². The van der Waals surface area contributed by atoms with Crippen LogP contribution in [0.4, 0.5) is 13.2 Å². The molecule has 2 heterocycles. The van der Waals surface area contributed by atoms with Gasteiger partial charge in [0.15, 0.2) is 0 Å². The normalized spacial score (nSPS) is 19.2. The van der Waals surface area contributed by atoms with E-state index in [1.54, 1.807) is 24.3 Å². The molecule has 0 spiro atoms. The molecule has 3 aromatic rings. The molecule has 0 fully saturated rings. The SMILES string of the molecule is COC(=O)CC1COc2cc(O)cc(C)c21.COC(=O)CC1COc2cc(O[C@@H]3CCc4c3cccc4C(F)(F)F)cc(C)c21. The van der Waals surface area contributed by atoms with Crippen molar-refractivity contribution in [2.45, 2.75) is 63.6 Å². The number of halogens is 3. The van der Waals surface area contributed by atoms with Gasteiger partial charge in [-0.05, 0) is 67.1 Å². The third kappa shape index (κ3) is 6.82. The van der Waals surface area contributed by atoms with Crippen molar-refractivity contribution in [1.29, 1.82) is 0 Å². The first kappa shape index (κ1) is 32.0. The van der Waals surface area contributed by atoms with E-state index in [4.69, 9.17) is 18.9 Å². The van der Waals surface area contributed by atoms with Crippen molar-refractivity contribution in [1.82, 2.24) is 0 Å². The molecule has 2 unspecified atom stereocenters. The summed E-state index contributed by atoms with van der Waals surface area (Å²) >= 11 is 0. The highest BCUT2D eigenvalue weighted by molar-refractivity contribution is 5.72. The highest BCUT2D eigenvalue weighted by atomic mass is 19.4. The number of methoxy groups -OCH3 is 2. The molecule has 0 radical (unpaired) electrons. The maximum atomic E-state index is 13.3. The second kappa shape index (κ2) is 12.9. The highest BCUT2D eigenvalue weighted by Crippen LogP contribution is 2.45. The summed E-state index contributed by atoms with van der Waals surface area (Å²) in [6.07, 6.45) is -3.43. The van der Waals surface area contributed by atoms with Gasteiger partial charge in [0, 0.05) is 35.1 Å². The molecule has 240 valence electrons. The van der Waals surface area contributed by atoms with E-state index in [1.165, 1.54) is 20.3 Å². The minimum Gasteiger partial charge on any atom is -0.508 e. The molecule has 0 bridgehead atoms. The third-order valence-corrected chi connectivity index (χ3v) is 8.43. The first-order chi connectivity index (χ1) is 21.4. The molecule has 3 aliphatic rings. The third-order valence-electron chi connectivity index (χ3n) is 8.43. The fourth-order valence-corrected chi connectivity index (χ4v) is 6.44. The first-order valence-corrected chi connectivity index (χ1v) is 14.6. The van der Waals surface area contributed by atoms with Crippen LogP contribution >= 0.6 is 0 Å². The largest absolute Gasteiger partial charge is 0.508 e. The lowest BCUT2D eigenvalue weighted by Gasteiger charge is -2.18. The zero-order valence-electron chi connectivity index (χ0n) is 25.5. The molecular formula is C34H35F3O8. The van der Waals surface area contributed by atoms with Crippen LogP contribution in [-0.2, 0) is 31.7 Å². The molecule has 1 N–H and O–H groups in total. The van der Waals surface area contributed by atoms with Gasteiger partial charge < -0.3 is 28.8 Å². The van der Waals surface area contributed by atoms with Crippen molar-refractivity contribution in [3.8, 4) is 23.0 Å². The molecule has 1 aliphatic carbocycles. The van der Waals surface area contributed by atoms with Crippen molar-refractivity contribution < 1.29 is 51.6 Å². The number of phenolic OH excluding ortho intramolecular Hbond substituents is 1. The molecule has 8 nitrogen and oxygen atoms in total.